The van der Waals surface area contributed by atoms with Crippen molar-refractivity contribution in [3.05, 3.63) is 82.7 Å². The first kappa shape index (κ1) is 30.1. The SMILES string of the molecule is CC#SC(C)(CC(=O)O)c1ccc(COc2ccc3scc(-c4ccc(OCC5(C)CS(=O)(=O)C5)cc4C)c3c2)cc1. The molecule has 0 saturated carbocycles. The third-order valence-electron chi connectivity index (χ3n) is 7.54. The van der Waals surface area contributed by atoms with Crippen molar-refractivity contribution in [1.29, 1.82) is 0 Å². The Labute approximate surface area is 254 Å². The van der Waals surface area contributed by atoms with Crippen LogP contribution in [0.1, 0.15) is 43.9 Å². The highest BCUT2D eigenvalue weighted by Crippen LogP contribution is 2.39. The van der Waals surface area contributed by atoms with E-state index in [1.54, 1.807) is 18.3 Å². The van der Waals surface area contributed by atoms with Crippen LogP contribution in [0, 0.1) is 17.5 Å². The maximum absolute atomic E-state index is 11.6. The fourth-order valence-corrected chi connectivity index (χ4v) is 9.57. The summed E-state index contributed by atoms with van der Waals surface area (Å²) in [5, 5.41) is 15.7. The Morgan fingerprint density at radius 3 is 2.38 bits per heavy atom. The summed E-state index contributed by atoms with van der Waals surface area (Å²) in [5.41, 5.74) is 4.94. The van der Waals surface area contributed by atoms with Crippen molar-refractivity contribution in [2.75, 3.05) is 18.1 Å². The van der Waals surface area contributed by atoms with E-state index in [4.69, 9.17) is 9.47 Å². The molecule has 9 heteroatoms. The van der Waals surface area contributed by atoms with Crippen molar-refractivity contribution in [2.45, 2.75) is 45.5 Å². The minimum absolute atomic E-state index is 0.0123. The molecule has 1 aromatic heterocycles. The van der Waals surface area contributed by atoms with Gasteiger partial charge in [0, 0.05) is 21.1 Å². The Morgan fingerprint density at radius 2 is 1.74 bits per heavy atom. The van der Waals surface area contributed by atoms with E-state index in [1.807, 2.05) is 56.3 Å². The minimum atomic E-state index is -2.91. The number of hydrogen-bond acceptors (Lipinski definition) is 6. The molecule has 1 saturated heterocycles. The van der Waals surface area contributed by atoms with Crippen molar-refractivity contribution in [3.8, 4) is 27.8 Å². The first-order chi connectivity index (χ1) is 19.9. The number of fused-ring (bicyclic) bond motifs is 1. The zero-order chi connectivity index (χ0) is 30.1. The number of carboxylic acids is 1. The van der Waals surface area contributed by atoms with Gasteiger partial charge in [0.2, 0.25) is 0 Å². The van der Waals surface area contributed by atoms with Crippen LogP contribution in [0.5, 0.6) is 11.5 Å². The molecule has 0 aliphatic carbocycles. The van der Waals surface area contributed by atoms with E-state index in [9.17, 15) is 18.3 Å². The first-order valence-electron chi connectivity index (χ1n) is 13.6. The Morgan fingerprint density at radius 1 is 1.05 bits per heavy atom. The highest BCUT2D eigenvalue weighted by Gasteiger charge is 2.45. The number of hydrogen-bond donors (Lipinski definition) is 1. The molecule has 1 N–H and O–H groups in total. The van der Waals surface area contributed by atoms with Gasteiger partial charge in [-0.25, -0.2) is 8.42 Å². The topological polar surface area (TPSA) is 89.9 Å². The van der Waals surface area contributed by atoms with Crippen LogP contribution in [-0.4, -0.2) is 37.6 Å². The highest BCUT2D eigenvalue weighted by atomic mass is 32.2. The number of aryl methyl sites for hydroxylation is 1. The molecular formula is C33H34O6S3. The van der Waals surface area contributed by atoms with Gasteiger partial charge in [-0.3, -0.25) is 4.79 Å². The minimum Gasteiger partial charge on any atom is -0.493 e. The van der Waals surface area contributed by atoms with Gasteiger partial charge in [0.15, 0.2) is 9.84 Å². The van der Waals surface area contributed by atoms with Crippen LogP contribution < -0.4 is 9.47 Å². The second-order valence-corrected chi connectivity index (χ2v) is 16.0. The molecule has 3 aromatic carbocycles. The van der Waals surface area contributed by atoms with Crippen LogP contribution >= 0.6 is 22.5 Å². The fourth-order valence-electron chi connectivity index (χ4n) is 5.53. The number of carboxylic acid groups (broad SMARTS) is 1. The molecule has 0 amide bonds. The third-order valence-corrected chi connectivity index (χ3v) is 11.8. The molecule has 6 nitrogen and oxygen atoms in total. The monoisotopic (exact) mass is 622 g/mol. The smallest absolute Gasteiger partial charge is 0.305 e. The van der Waals surface area contributed by atoms with Crippen LogP contribution in [0.3, 0.4) is 0 Å². The van der Waals surface area contributed by atoms with Gasteiger partial charge in [0.05, 0.1) is 29.3 Å². The number of rotatable bonds is 10. The zero-order valence-electron chi connectivity index (χ0n) is 24.1. The third kappa shape index (κ3) is 6.65. The van der Waals surface area contributed by atoms with Crippen LogP contribution in [0.25, 0.3) is 21.2 Å². The largest absolute Gasteiger partial charge is 0.493 e. The number of thiophene rings is 1. The maximum atomic E-state index is 11.6. The lowest BCUT2D eigenvalue weighted by Crippen LogP contribution is -2.50. The molecule has 4 aromatic rings. The van der Waals surface area contributed by atoms with E-state index >= 15 is 0 Å². The zero-order valence-corrected chi connectivity index (χ0v) is 26.5. The average molecular weight is 623 g/mol. The van der Waals surface area contributed by atoms with E-state index in [0.29, 0.717) is 13.2 Å². The number of ether oxygens (including phenoxy) is 2. The molecule has 0 spiro atoms. The molecule has 1 aliphatic rings. The maximum Gasteiger partial charge on any atom is 0.305 e. The van der Waals surface area contributed by atoms with E-state index in [0.717, 1.165) is 44.7 Å². The summed E-state index contributed by atoms with van der Waals surface area (Å²) in [6, 6.07) is 20.1. The lowest BCUT2D eigenvalue weighted by molar-refractivity contribution is -0.137. The van der Waals surface area contributed by atoms with Crippen molar-refractivity contribution >= 4 is 48.4 Å². The number of carbonyl (C=O) groups is 1. The van der Waals surface area contributed by atoms with E-state index < -0.39 is 20.6 Å². The van der Waals surface area contributed by atoms with Gasteiger partial charge in [0.25, 0.3) is 0 Å². The lowest BCUT2D eigenvalue weighted by atomic mass is 9.96. The molecule has 1 aliphatic heterocycles. The fraction of sp³-hybridized carbons (Fsp3) is 0.333. The molecule has 2 heterocycles. The number of aliphatic carboxylic acids is 1. The standard InChI is InChI=1S/C33H34O6S3/c1-5-41-33(4,16-31(34)35)24-8-6-23(7-9-24)17-38-26-11-13-30-28(15-26)29(18-40-30)27-12-10-25(14-22(27)2)39-19-32(3)20-42(36,37)21-32/h6-15,18H,16-17,19-21H2,1-4H3,(H,34,35). The van der Waals surface area contributed by atoms with E-state index in [-0.39, 0.29) is 23.3 Å². The van der Waals surface area contributed by atoms with Gasteiger partial charge in [-0.15, -0.1) is 22.5 Å². The molecule has 42 heavy (non-hydrogen) atoms. The summed E-state index contributed by atoms with van der Waals surface area (Å²) in [7, 11) is -2.91. The highest BCUT2D eigenvalue weighted by molar-refractivity contribution is 7.92. The Bertz CT molecular complexity index is 1800. The summed E-state index contributed by atoms with van der Waals surface area (Å²) < 4.78 is 35.9. The second-order valence-electron chi connectivity index (χ2n) is 11.5. The van der Waals surface area contributed by atoms with Gasteiger partial charge in [-0.1, -0.05) is 42.4 Å². The van der Waals surface area contributed by atoms with Crippen LogP contribution in [0.4, 0.5) is 0 Å². The predicted molar refractivity (Wildman–Crippen MR) is 172 cm³/mol. The molecule has 0 radical (unpaired) electrons. The van der Waals surface area contributed by atoms with E-state index in [2.05, 4.69) is 35.7 Å². The van der Waals surface area contributed by atoms with Crippen molar-refractivity contribution < 1.29 is 27.8 Å². The Hall–Kier alpha value is -3.36. The number of benzene rings is 3. The molecule has 1 unspecified atom stereocenters. The van der Waals surface area contributed by atoms with Gasteiger partial charge in [-0.05, 0) is 78.7 Å². The van der Waals surface area contributed by atoms with Gasteiger partial charge >= 0.3 is 5.97 Å². The van der Waals surface area contributed by atoms with Crippen molar-refractivity contribution in [1.82, 2.24) is 0 Å². The predicted octanol–water partition coefficient (Wildman–Crippen LogP) is 7.67. The van der Waals surface area contributed by atoms with Crippen molar-refractivity contribution in [2.24, 2.45) is 5.41 Å². The summed E-state index contributed by atoms with van der Waals surface area (Å²) in [6.07, 6.45) is 0.0123. The first-order valence-corrected chi connectivity index (χ1v) is 17.1. The van der Waals surface area contributed by atoms with Gasteiger partial charge < -0.3 is 14.6 Å². The quantitative estimate of drug-likeness (QED) is 0.195. The summed E-state index contributed by atoms with van der Waals surface area (Å²) in [6.45, 7) is 8.50. The Balaban J connectivity index is 1.28. The van der Waals surface area contributed by atoms with Crippen LogP contribution in [0.15, 0.2) is 66.0 Å². The molecule has 1 atom stereocenters. The summed E-state index contributed by atoms with van der Waals surface area (Å²) in [5.74, 6) is 1.03. The second kappa shape index (κ2) is 11.7. The molecule has 1 fully saturated rings. The Kier molecular flexibility index (Phi) is 8.41. The van der Waals surface area contributed by atoms with Crippen LogP contribution in [0.2, 0.25) is 0 Å². The van der Waals surface area contributed by atoms with Gasteiger partial charge in [-0.2, -0.15) is 0 Å². The lowest BCUT2D eigenvalue weighted by Gasteiger charge is -2.37. The summed E-state index contributed by atoms with van der Waals surface area (Å²) in [4.78, 5) is 11.4. The normalized spacial score (nSPS) is 16.6. The molecule has 0 bridgehead atoms. The molecular weight excluding hydrogens is 589 g/mol. The molecule has 220 valence electrons. The average Bonchev–Trinajstić information content (AvgIpc) is 3.33. The summed E-state index contributed by atoms with van der Waals surface area (Å²) >= 11 is 3.09. The van der Waals surface area contributed by atoms with E-state index in [1.165, 1.54) is 15.9 Å². The van der Waals surface area contributed by atoms with Crippen molar-refractivity contribution in [3.63, 3.8) is 0 Å². The van der Waals surface area contributed by atoms with Gasteiger partial charge in [0.1, 0.15) is 18.1 Å². The van der Waals surface area contributed by atoms with Crippen LogP contribution in [-0.2, 0) is 26.0 Å². The molecule has 5 rings (SSSR count). The number of sulfone groups is 1.